The van der Waals surface area contributed by atoms with Gasteiger partial charge in [-0.1, -0.05) is 17.3 Å². The Labute approximate surface area is 149 Å². The van der Waals surface area contributed by atoms with E-state index in [1.165, 1.54) is 0 Å². The van der Waals surface area contributed by atoms with Crippen molar-refractivity contribution in [3.63, 3.8) is 0 Å². The number of rotatable bonds is 6. The van der Waals surface area contributed by atoms with Gasteiger partial charge in [0.25, 0.3) is 0 Å². The van der Waals surface area contributed by atoms with Gasteiger partial charge >= 0.3 is 6.03 Å². The topological polar surface area (TPSA) is 90.3 Å². The first-order valence-corrected chi connectivity index (χ1v) is 8.62. The van der Waals surface area contributed by atoms with E-state index in [4.69, 9.17) is 9.47 Å². The standard InChI is InChI=1S/C17H20FN5O3/c18-16-11(2-1-3-15(16)26-12-4-5-12)8-19-17(24)21-13-9-25-10-14(13)23-7-6-20-22-23/h1-3,6-7,12-14H,4-5,8-10H2,(H2,19,21,24)/t13-,14+/m0/s1. The molecule has 2 atom stereocenters. The summed E-state index contributed by atoms with van der Waals surface area (Å²) in [4.78, 5) is 12.2. The molecular weight excluding hydrogens is 341 g/mol. The van der Waals surface area contributed by atoms with Crippen LogP contribution in [0.1, 0.15) is 24.4 Å². The number of benzene rings is 1. The maximum Gasteiger partial charge on any atom is 0.315 e. The summed E-state index contributed by atoms with van der Waals surface area (Å²) in [6.45, 7) is 0.904. The lowest BCUT2D eigenvalue weighted by Crippen LogP contribution is -2.45. The maximum atomic E-state index is 14.4. The number of amides is 2. The third-order valence-electron chi connectivity index (χ3n) is 4.45. The Bertz CT molecular complexity index is 766. The van der Waals surface area contributed by atoms with Crippen LogP contribution in [-0.4, -0.2) is 46.4 Å². The molecule has 1 saturated heterocycles. The van der Waals surface area contributed by atoms with Gasteiger partial charge in [0.05, 0.1) is 37.6 Å². The molecule has 8 nitrogen and oxygen atoms in total. The summed E-state index contributed by atoms with van der Waals surface area (Å²) in [7, 11) is 0. The largest absolute Gasteiger partial charge is 0.487 e. The lowest BCUT2D eigenvalue weighted by molar-refractivity contribution is 0.181. The molecule has 1 saturated carbocycles. The van der Waals surface area contributed by atoms with Gasteiger partial charge in [-0.05, 0) is 18.9 Å². The number of aromatic nitrogens is 3. The molecule has 2 N–H and O–H groups in total. The number of ether oxygens (including phenoxy) is 2. The molecule has 4 rings (SSSR count). The number of carbonyl (C=O) groups is 1. The number of nitrogens with one attached hydrogen (secondary N) is 2. The molecule has 2 amide bonds. The van der Waals surface area contributed by atoms with Crippen LogP contribution in [0.15, 0.2) is 30.6 Å². The average Bonchev–Trinajstić information content (AvgIpc) is 3.09. The van der Waals surface area contributed by atoms with Crippen LogP contribution in [0, 0.1) is 5.82 Å². The lowest BCUT2D eigenvalue weighted by Gasteiger charge is -2.19. The molecule has 1 aliphatic heterocycles. The quantitative estimate of drug-likeness (QED) is 0.812. The molecule has 2 heterocycles. The molecule has 0 spiro atoms. The Morgan fingerprint density at radius 2 is 2.27 bits per heavy atom. The fraction of sp³-hybridized carbons (Fsp3) is 0.471. The zero-order chi connectivity index (χ0) is 17.9. The summed E-state index contributed by atoms with van der Waals surface area (Å²) in [6.07, 6.45) is 5.34. The summed E-state index contributed by atoms with van der Waals surface area (Å²) in [6, 6.07) is 4.23. The fourth-order valence-electron chi connectivity index (χ4n) is 2.88. The highest BCUT2D eigenvalue weighted by Gasteiger charge is 2.31. The predicted molar refractivity (Wildman–Crippen MR) is 89.1 cm³/mol. The number of hydrogen-bond donors (Lipinski definition) is 2. The van der Waals surface area contributed by atoms with Crippen LogP contribution in [0.25, 0.3) is 0 Å². The normalized spacial score (nSPS) is 22.2. The van der Waals surface area contributed by atoms with Crippen LogP contribution in [-0.2, 0) is 11.3 Å². The van der Waals surface area contributed by atoms with Gasteiger partial charge in [-0.3, -0.25) is 0 Å². The van der Waals surface area contributed by atoms with Gasteiger partial charge in [0.1, 0.15) is 0 Å². The van der Waals surface area contributed by atoms with E-state index in [0.717, 1.165) is 12.8 Å². The van der Waals surface area contributed by atoms with Crippen molar-refractivity contribution in [2.75, 3.05) is 13.2 Å². The minimum atomic E-state index is -0.426. The summed E-state index contributed by atoms with van der Waals surface area (Å²) < 4.78 is 27.0. The molecule has 2 fully saturated rings. The first-order valence-electron chi connectivity index (χ1n) is 8.62. The van der Waals surface area contributed by atoms with E-state index < -0.39 is 11.8 Å². The number of nitrogens with zero attached hydrogens (tertiary/aromatic N) is 3. The summed E-state index contributed by atoms with van der Waals surface area (Å²) in [5.41, 5.74) is 0.383. The fourth-order valence-corrected chi connectivity index (χ4v) is 2.88. The van der Waals surface area contributed by atoms with Crippen molar-refractivity contribution in [2.24, 2.45) is 0 Å². The van der Waals surface area contributed by atoms with E-state index >= 15 is 0 Å². The number of carbonyl (C=O) groups excluding carboxylic acids is 1. The van der Waals surface area contributed by atoms with E-state index in [1.807, 2.05) is 0 Å². The van der Waals surface area contributed by atoms with E-state index in [1.54, 1.807) is 35.3 Å². The van der Waals surface area contributed by atoms with Gasteiger partial charge in [-0.25, -0.2) is 13.9 Å². The van der Waals surface area contributed by atoms with E-state index in [-0.39, 0.29) is 30.5 Å². The highest BCUT2D eigenvalue weighted by Crippen LogP contribution is 2.29. The predicted octanol–water partition coefficient (Wildman–Crippen LogP) is 1.40. The summed E-state index contributed by atoms with van der Waals surface area (Å²) >= 11 is 0. The smallest absolute Gasteiger partial charge is 0.315 e. The molecule has 138 valence electrons. The van der Waals surface area contributed by atoms with Crippen LogP contribution in [0.4, 0.5) is 9.18 Å². The van der Waals surface area contributed by atoms with Crippen molar-refractivity contribution in [3.8, 4) is 5.75 Å². The molecule has 1 aromatic heterocycles. The molecule has 1 aliphatic carbocycles. The zero-order valence-electron chi connectivity index (χ0n) is 14.1. The Morgan fingerprint density at radius 1 is 1.38 bits per heavy atom. The molecule has 2 aliphatic rings. The van der Waals surface area contributed by atoms with Crippen LogP contribution >= 0.6 is 0 Å². The molecule has 26 heavy (non-hydrogen) atoms. The van der Waals surface area contributed by atoms with Gasteiger partial charge in [0.15, 0.2) is 11.6 Å². The Balaban J connectivity index is 1.32. The van der Waals surface area contributed by atoms with Gasteiger partial charge in [-0.2, -0.15) is 0 Å². The van der Waals surface area contributed by atoms with Crippen LogP contribution in [0.3, 0.4) is 0 Å². The molecule has 9 heteroatoms. The molecule has 0 radical (unpaired) electrons. The van der Waals surface area contributed by atoms with Crippen molar-refractivity contribution in [1.29, 1.82) is 0 Å². The van der Waals surface area contributed by atoms with E-state index in [0.29, 0.717) is 18.8 Å². The van der Waals surface area contributed by atoms with Crippen molar-refractivity contribution < 1.29 is 18.7 Å². The van der Waals surface area contributed by atoms with Crippen molar-refractivity contribution in [3.05, 3.63) is 42.0 Å². The van der Waals surface area contributed by atoms with E-state index in [9.17, 15) is 9.18 Å². The monoisotopic (exact) mass is 361 g/mol. The van der Waals surface area contributed by atoms with Crippen LogP contribution < -0.4 is 15.4 Å². The van der Waals surface area contributed by atoms with E-state index in [2.05, 4.69) is 20.9 Å². The van der Waals surface area contributed by atoms with Crippen LogP contribution in [0.5, 0.6) is 5.75 Å². The average molecular weight is 361 g/mol. The number of hydrogen-bond acceptors (Lipinski definition) is 5. The highest BCUT2D eigenvalue weighted by atomic mass is 19.1. The second-order valence-electron chi connectivity index (χ2n) is 6.47. The minimum absolute atomic E-state index is 0.0705. The first kappa shape index (κ1) is 16.8. The Morgan fingerprint density at radius 3 is 3.04 bits per heavy atom. The summed E-state index contributed by atoms with van der Waals surface area (Å²) in [5, 5.41) is 13.3. The van der Waals surface area contributed by atoms with Gasteiger partial charge < -0.3 is 20.1 Å². The number of halogens is 1. The number of urea groups is 1. The molecule has 1 aromatic carbocycles. The molecule has 0 unspecified atom stereocenters. The third-order valence-corrected chi connectivity index (χ3v) is 4.45. The van der Waals surface area contributed by atoms with Gasteiger partial charge in [-0.15, -0.1) is 5.10 Å². The molecular formula is C17H20FN5O3. The van der Waals surface area contributed by atoms with Crippen molar-refractivity contribution in [2.45, 2.75) is 37.6 Å². The van der Waals surface area contributed by atoms with Gasteiger partial charge in [0.2, 0.25) is 0 Å². The van der Waals surface area contributed by atoms with Crippen molar-refractivity contribution >= 4 is 6.03 Å². The lowest BCUT2D eigenvalue weighted by atomic mass is 10.2. The van der Waals surface area contributed by atoms with Crippen LogP contribution in [0.2, 0.25) is 0 Å². The Hall–Kier alpha value is -2.68. The Kier molecular flexibility index (Phi) is 4.70. The first-order chi connectivity index (χ1) is 12.7. The second kappa shape index (κ2) is 7.28. The minimum Gasteiger partial charge on any atom is -0.487 e. The van der Waals surface area contributed by atoms with Gasteiger partial charge in [0, 0.05) is 18.3 Å². The zero-order valence-corrected chi connectivity index (χ0v) is 14.1. The summed E-state index contributed by atoms with van der Waals surface area (Å²) in [5.74, 6) is -0.188. The maximum absolute atomic E-state index is 14.4. The second-order valence-corrected chi connectivity index (χ2v) is 6.47. The van der Waals surface area contributed by atoms with Crippen molar-refractivity contribution in [1.82, 2.24) is 25.6 Å². The molecule has 0 bridgehead atoms. The third kappa shape index (κ3) is 3.77. The molecule has 2 aromatic rings. The SMILES string of the molecule is O=C(NCc1cccc(OC2CC2)c1F)N[C@H]1COC[C@H]1n1ccnn1. The highest BCUT2D eigenvalue weighted by molar-refractivity contribution is 5.74.